The molecule has 56 heavy (non-hydrogen) atoms. The Balaban J connectivity index is 1.12. The van der Waals surface area contributed by atoms with E-state index in [1.165, 1.54) is 49.9 Å². The first kappa shape index (κ1) is 37.9. The van der Waals surface area contributed by atoms with E-state index in [1.54, 1.807) is 0 Å². The molecule has 0 radical (unpaired) electrons. The second-order valence-corrected chi connectivity index (χ2v) is 17.7. The highest BCUT2D eigenvalue weighted by Gasteiger charge is 2.40. The van der Waals surface area contributed by atoms with Gasteiger partial charge >= 0.3 is 5.97 Å². The van der Waals surface area contributed by atoms with E-state index in [9.17, 15) is 14.9 Å². The standard InChI is InChI=1S/C45H51N7O3S/c1-30-35(26-32(27-46)52(30)29-45(21-9-5-10-22-45)51-23-11-6-12-24-51)33-18-19-39(48-40(33)42(54)55-44(2,3)4)50-25-20-31-14-13-15-34(36(31)28-50)41(53)49-43-47-37-16-7-8-17-38(37)56-43/h7-8,13-19,26H,5-6,9-12,20-25,28-29H2,1-4H3,(H,47,49,53). The van der Waals surface area contributed by atoms with Crippen LogP contribution in [0.15, 0.2) is 60.7 Å². The van der Waals surface area contributed by atoms with Crippen molar-refractivity contribution in [2.75, 3.05) is 29.9 Å². The van der Waals surface area contributed by atoms with Crippen molar-refractivity contribution in [3.05, 3.63) is 94.4 Å². The van der Waals surface area contributed by atoms with Crippen LogP contribution in [0.2, 0.25) is 0 Å². The molecule has 1 saturated carbocycles. The number of benzene rings is 2. The van der Waals surface area contributed by atoms with Gasteiger partial charge in [0.1, 0.15) is 23.2 Å². The van der Waals surface area contributed by atoms with E-state index in [2.05, 4.69) is 43.7 Å². The summed E-state index contributed by atoms with van der Waals surface area (Å²) in [6, 6.07) is 22.0. The number of anilines is 2. The highest BCUT2D eigenvalue weighted by molar-refractivity contribution is 7.22. The number of hydrogen-bond acceptors (Lipinski definition) is 9. The van der Waals surface area contributed by atoms with Crippen LogP contribution in [-0.4, -0.2) is 62.1 Å². The summed E-state index contributed by atoms with van der Waals surface area (Å²) in [5.41, 5.74) is 6.03. The van der Waals surface area contributed by atoms with Gasteiger partial charge < -0.3 is 14.2 Å². The maximum absolute atomic E-state index is 14.1. The number of nitrogens with zero attached hydrogens (tertiary/aromatic N) is 6. The van der Waals surface area contributed by atoms with Crippen molar-refractivity contribution < 1.29 is 14.3 Å². The van der Waals surface area contributed by atoms with Crippen molar-refractivity contribution in [2.24, 2.45) is 0 Å². The zero-order valence-electron chi connectivity index (χ0n) is 33.0. The van der Waals surface area contributed by atoms with Gasteiger partial charge in [0.25, 0.3) is 5.91 Å². The number of amides is 1. The number of rotatable bonds is 8. The first-order chi connectivity index (χ1) is 27.0. The fourth-order valence-electron chi connectivity index (χ4n) is 9.06. The van der Waals surface area contributed by atoms with Crippen LogP contribution in [0.25, 0.3) is 21.3 Å². The van der Waals surface area contributed by atoms with Gasteiger partial charge in [0.15, 0.2) is 10.8 Å². The van der Waals surface area contributed by atoms with Gasteiger partial charge in [-0.1, -0.05) is 61.3 Å². The minimum absolute atomic E-state index is 0.0239. The van der Waals surface area contributed by atoms with E-state index in [0.29, 0.717) is 40.9 Å². The quantitative estimate of drug-likeness (QED) is 0.155. The van der Waals surface area contributed by atoms with Gasteiger partial charge in [-0.05, 0) is 120 Å². The summed E-state index contributed by atoms with van der Waals surface area (Å²) in [7, 11) is 0. The summed E-state index contributed by atoms with van der Waals surface area (Å²) in [4.78, 5) is 42.3. The Morgan fingerprint density at radius 3 is 2.45 bits per heavy atom. The number of fused-ring (bicyclic) bond motifs is 2. The summed E-state index contributed by atoms with van der Waals surface area (Å²) in [5.74, 6) is -0.0834. The van der Waals surface area contributed by atoms with Gasteiger partial charge in [0, 0.05) is 47.6 Å². The highest BCUT2D eigenvalue weighted by Crippen LogP contribution is 2.40. The van der Waals surface area contributed by atoms with Crippen LogP contribution < -0.4 is 10.2 Å². The molecule has 290 valence electrons. The summed E-state index contributed by atoms with van der Waals surface area (Å²) in [5, 5.41) is 14.1. The molecule has 11 heteroatoms. The second-order valence-electron chi connectivity index (χ2n) is 16.7. The van der Waals surface area contributed by atoms with Gasteiger partial charge in [0.2, 0.25) is 0 Å². The van der Waals surface area contributed by atoms with Crippen LogP contribution >= 0.6 is 11.3 Å². The number of aromatic nitrogens is 3. The molecule has 10 nitrogen and oxygen atoms in total. The number of nitrogens with one attached hydrogen (secondary N) is 1. The lowest BCUT2D eigenvalue weighted by Crippen LogP contribution is -2.54. The number of carbonyl (C=O) groups is 2. The van der Waals surface area contributed by atoms with Gasteiger partial charge in [-0.25, -0.2) is 14.8 Å². The van der Waals surface area contributed by atoms with Gasteiger partial charge in [-0.3, -0.25) is 15.0 Å². The molecule has 3 aromatic heterocycles. The number of thiazole rings is 1. The summed E-state index contributed by atoms with van der Waals surface area (Å²) in [6.07, 6.45) is 10.4. The number of para-hydroxylation sites is 1. The number of carbonyl (C=O) groups excluding carboxylic acids is 2. The van der Waals surface area contributed by atoms with E-state index >= 15 is 0 Å². The third-order valence-corrected chi connectivity index (χ3v) is 12.8. The minimum Gasteiger partial charge on any atom is -0.455 e. The van der Waals surface area contributed by atoms with Gasteiger partial charge in [-0.15, -0.1) is 0 Å². The molecule has 0 bridgehead atoms. The van der Waals surface area contributed by atoms with Crippen molar-refractivity contribution in [2.45, 2.75) is 110 Å². The van der Waals surface area contributed by atoms with Gasteiger partial charge in [-0.2, -0.15) is 5.26 Å². The molecule has 0 atom stereocenters. The Hall–Kier alpha value is -5.05. The van der Waals surface area contributed by atoms with Crippen LogP contribution in [-0.2, 0) is 24.2 Å². The number of nitriles is 1. The average molecular weight is 770 g/mol. The van der Waals surface area contributed by atoms with Crippen LogP contribution in [0, 0.1) is 18.3 Å². The monoisotopic (exact) mass is 769 g/mol. The van der Waals surface area contributed by atoms with Crippen molar-refractivity contribution in [1.82, 2.24) is 19.4 Å². The topological polar surface area (TPSA) is 116 Å². The fourth-order valence-corrected chi connectivity index (χ4v) is 9.93. The summed E-state index contributed by atoms with van der Waals surface area (Å²) in [6.45, 7) is 11.7. The highest BCUT2D eigenvalue weighted by atomic mass is 32.1. The number of ether oxygens (including phenoxy) is 1. The van der Waals surface area contributed by atoms with Crippen molar-refractivity contribution in [3.8, 4) is 17.2 Å². The van der Waals surface area contributed by atoms with Crippen molar-refractivity contribution in [3.63, 3.8) is 0 Å². The molecule has 2 fully saturated rings. The Morgan fingerprint density at radius 2 is 1.70 bits per heavy atom. The van der Waals surface area contributed by atoms with E-state index in [-0.39, 0.29) is 17.1 Å². The molecule has 1 aliphatic carbocycles. The average Bonchev–Trinajstić information content (AvgIpc) is 3.76. The van der Waals surface area contributed by atoms with E-state index in [4.69, 9.17) is 9.72 Å². The lowest BCUT2D eigenvalue weighted by molar-refractivity contribution is 0.00637. The molecule has 0 spiro atoms. The van der Waals surface area contributed by atoms with E-state index < -0.39 is 11.6 Å². The van der Waals surface area contributed by atoms with Crippen LogP contribution in [0.4, 0.5) is 10.9 Å². The number of likely N-dealkylation sites (tertiary alicyclic amines) is 1. The van der Waals surface area contributed by atoms with Crippen molar-refractivity contribution >= 4 is 44.4 Å². The van der Waals surface area contributed by atoms with Gasteiger partial charge in [0.05, 0.1) is 10.2 Å². The minimum atomic E-state index is -0.734. The molecule has 1 amide bonds. The molecule has 1 saturated heterocycles. The predicted octanol–water partition coefficient (Wildman–Crippen LogP) is 9.30. The fraction of sp³-hybridized carbons (Fsp3) is 0.444. The summed E-state index contributed by atoms with van der Waals surface area (Å²) >= 11 is 1.45. The zero-order valence-corrected chi connectivity index (χ0v) is 33.8. The van der Waals surface area contributed by atoms with Crippen molar-refractivity contribution in [1.29, 1.82) is 5.26 Å². The molecule has 1 N–H and O–H groups in total. The Morgan fingerprint density at radius 1 is 0.929 bits per heavy atom. The smallest absolute Gasteiger partial charge is 0.358 e. The molecule has 2 aromatic carbocycles. The first-order valence-electron chi connectivity index (χ1n) is 20.1. The molecular weight excluding hydrogens is 719 g/mol. The molecule has 3 aliphatic rings. The number of piperidine rings is 1. The van der Waals surface area contributed by atoms with Crippen LogP contribution in [0.1, 0.15) is 115 Å². The molecule has 5 aromatic rings. The molecule has 8 rings (SSSR count). The van der Waals surface area contributed by atoms with E-state index in [1.807, 2.05) is 75.4 Å². The maximum atomic E-state index is 14.1. The lowest BCUT2D eigenvalue weighted by Gasteiger charge is -2.49. The number of pyridine rings is 1. The Labute approximate surface area is 333 Å². The van der Waals surface area contributed by atoms with Crippen LogP contribution in [0.5, 0.6) is 0 Å². The number of hydrogen-bond donors (Lipinski definition) is 1. The maximum Gasteiger partial charge on any atom is 0.358 e. The summed E-state index contributed by atoms with van der Waals surface area (Å²) < 4.78 is 9.19. The second kappa shape index (κ2) is 15.5. The largest absolute Gasteiger partial charge is 0.455 e. The molecule has 0 unspecified atom stereocenters. The Bertz CT molecular complexity index is 2280. The first-order valence-corrected chi connectivity index (χ1v) is 21.0. The third kappa shape index (κ3) is 7.57. The third-order valence-electron chi connectivity index (χ3n) is 11.9. The molecule has 5 heterocycles. The van der Waals surface area contributed by atoms with E-state index in [0.717, 1.165) is 71.5 Å². The molecular formula is C45H51N7O3S. The SMILES string of the molecule is Cc1c(-c2ccc(N3CCc4cccc(C(=O)Nc5nc6ccccc6s5)c4C3)nc2C(=O)OC(C)(C)C)cc(C#N)n1CC1(N2CCCCC2)CCCCC1. The molecule has 2 aliphatic heterocycles. The van der Waals surface area contributed by atoms with Crippen LogP contribution in [0.3, 0.4) is 0 Å². The Kier molecular flexibility index (Phi) is 10.5. The normalized spacial score (nSPS) is 17.3. The predicted molar refractivity (Wildman–Crippen MR) is 222 cm³/mol. The number of esters is 1. The lowest BCUT2D eigenvalue weighted by atomic mass is 9.79. The zero-order chi connectivity index (χ0) is 39.0.